The summed E-state index contributed by atoms with van der Waals surface area (Å²) in [7, 11) is 0. The van der Waals surface area contributed by atoms with Crippen LogP contribution in [0.1, 0.15) is 16.1 Å². The van der Waals surface area contributed by atoms with Gasteiger partial charge >= 0.3 is 5.97 Å². The molecule has 1 N–H and O–H groups in total. The largest absolute Gasteiger partial charge is 0.478 e. The summed E-state index contributed by atoms with van der Waals surface area (Å²) in [6.45, 7) is 1.68. The summed E-state index contributed by atoms with van der Waals surface area (Å²) < 4.78 is 1.70. The molecule has 94 valence electrons. The van der Waals surface area contributed by atoms with Gasteiger partial charge in [-0.25, -0.2) is 9.78 Å². The summed E-state index contributed by atoms with van der Waals surface area (Å²) in [5, 5.41) is 17.6. The minimum atomic E-state index is -0.961. The number of rotatable bonds is 4. The highest BCUT2D eigenvalue weighted by Crippen LogP contribution is 2.32. The van der Waals surface area contributed by atoms with Gasteiger partial charge in [0.05, 0.1) is 11.3 Å². The Kier molecular flexibility index (Phi) is 4.20. The van der Waals surface area contributed by atoms with Gasteiger partial charge in [0.15, 0.2) is 8.68 Å². The zero-order valence-electron chi connectivity index (χ0n) is 9.58. The normalized spacial score (nSPS) is 10.6. The lowest BCUT2D eigenvalue weighted by Crippen LogP contribution is -2.01. The summed E-state index contributed by atoms with van der Waals surface area (Å²) in [6.07, 6.45) is 1.94. The number of aromatic nitrogens is 3. The third kappa shape index (κ3) is 3.01. The van der Waals surface area contributed by atoms with Crippen molar-refractivity contribution >= 4 is 40.8 Å². The van der Waals surface area contributed by atoms with Crippen molar-refractivity contribution in [2.45, 2.75) is 20.6 Å². The first-order valence-corrected chi connectivity index (χ1v) is 7.72. The van der Waals surface area contributed by atoms with Crippen LogP contribution in [0.2, 0.25) is 0 Å². The van der Waals surface area contributed by atoms with Crippen LogP contribution in [0, 0.1) is 6.92 Å². The van der Waals surface area contributed by atoms with Crippen molar-refractivity contribution in [2.24, 2.45) is 0 Å². The Labute approximate surface area is 116 Å². The van der Waals surface area contributed by atoms with Gasteiger partial charge in [-0.1, -0.05) is 23.1 Å². The van der Waals surface area contributed by atoms with Crippen molar-refractivity contribution in [1.82, 2.24) is 15.2 Å². The number of thioether (sulfide) groups is 1. The monoisotopic (exact) mass is 299 g/mol. The highest BCUT2D eigenvalue weighted by Gasteiger charge is 2.11. The average Bonchev–Trinajstić information content (AvgIpc) is 2.76. The van der Waals surface area contributed by atoms with E-state index in [4.69, 9.17) is 5.11 Å². The second-order valence-corrected chi connectivity index (χ2v) is 6.53. The van der Waals surface area contributed by atoms with E-state index in [9.17, 15) is 4.79 Å². The number of aromatic carboxylic acids is 1. The molecule has 0 amide bonds. The van der Waals surface area contributed by atoms with E-state index in [1.165, 1.54) is 23.1 Å². The van der Waals surface area contributed by atoms with E-state index in [0.717, 1.165) is 13.7 Å². The molecule has 0 bridgehead atoms. The average molecular weight is 299 g/mol. The van der Waals surface area contributed by atoms with Crippen LogP contribution in [0.5, 0.6) is 0 Å². The molecular weight excluding hydrogens is 290 g/mol. The van der Waals surface area contributed by atoms with E-state index < -0.39 is 5.97 Å². The Morgan fingerprint density at radius 2 is 2.06 bits per heavy atom. The Morgan fingerprint density at radius 3 is 2.61 bits per heavy atom. The molecule has 18 heavy (non-hydrogen) atoms. The fourth-order valence-electron chi connectivity index (χ4n) is 1.23. The smallest absolute Gasteiger partial charge is 0.337 e. The molecule has 0 radical (unpaired) electrons. The Hall–Kier alpha value is -1.12. The molecule has 5 nitrogen and oxygen atoms in total. The second kappa shape index (κ2) is 5.68. The van der Waals surface area contributed by atoms with E-state index >= 15 is 0 Å². The van der Waals surface area contributed by atoms with Crippen molar-refractivity contribution in [3.63, 3.8) is 0 Å². The zero-order chi connectivity index (χ0) is 13.1. The number of pyridine rings is 1. The van der Waals surface area contributed by atoms with Gasteiger partial charge in [0.25, 0.3) is 0 Å². The van der Waals surface area contributed by atoms with Crippen LogP contribution in [0.25, 0.3) is 0 Å². The third-order valence-corrected chi connectivity index (χ3v) is 4.93. The van der Waals surface area contributed by atoms with Crippen LogP contribution in [0.15, 0.2) is 25.8 Å². The first kappa shape index (κ1) is 13.3. The molecule has 2 aromatic rings. The maximum atomic E-state index is 10.9. The van der Waals surface area contributed by atoms with Crippen molar-refractivity contribution in [2.75, 3.05) is 6.26 Å². The fraction of sp³-hybridized carbons (Fsp3) is 0.200. The fourth-order valence-corrected chi connectivity index (χ4v) is 3.63. The molecule has 0 aliphatic rings. The van der Waals surface area contributed by atoms with Crippen LogP contribution < -0.4 is 0 Å². The van der Waals surface area contributed by atoms with E-state index in [2.05, 4.69) is 15.2 Å². The van der Waals surface area contributed by atoms with E-state index in [1.807, 2.05) is 6.26 Å². The number of carbonyl (C=O) groups is 1. The molecule has 0 fully saturated rings. The highest BCUT2D eigenvalue weighted by molar-refractivity contribution is 8.02. The molecule has 0 saturated heterocycles. The number of carboxylic acid groups (broad SMARTS) is 1. The molecule has 0 atom stereocenters. The van der Waals surface area contributed by atoms with Gasteiger partial charge in [-0.3, -0.25) is 0 Å². The van der Waals surface area contributed by atoms with E-state index in [1.54, 1.807) is 30.8 Å². The first-order chi connectivity index (χ1) is 8.60. The molecule has 0 aliphatic carbocycles. The van der Waals surface area contributed by atoms with Crippen LogP contribution in [-0.4, -0.2) is 32.5 Å². The van der Waals surface area contributed by atoms with E-state index in [0.29, 0.717) is 5.69 Å². The lowest BCUT2D eigenvalue weighted by Gasteiger charge is -2.01. The molecule has 0 saturated carbocycles. The summed E-state index contributed by atoms with van der Waals surface area (Å²) in [5.41, 5.74) is 0.725. The number of aryl methyl sites for hydroxylation is 1. The summed E-state index contributed by atoms with van der Waals surface area (Å²) >= 11 is 4.42. The maximum absolute atomic E-state index is 10.9. The number of hydrogen-bond acceptors (Lipinski definition) is 7. The molecule has 2 rings (SSSR count). The van der Waals surface area contributed by atoms with Gasteiger partial charge in [-0.2, -0.15) is 0 Å². The Morgan fingerprint density at radius 1 is 1.33 bits per heavy atom. The van der Waals surface area contributed by atoms with Gasteiger partial charge in [-0.15, -0.1) is 10.2 Å². The number of nitrogens with zero attached hydrogens (tertiary/aromatic N) is 3. The van der Waals surface area contributed by atoms with Crippen molar-refractivity contribution in [1.29, 1.82) is 0 Å². The minimum absolute atomic E-state index is 0.224. The first-order valence-electron chi connectivity index (χ1n) is 4.86. The van der Waals surface area contributed by atoms with Crippen LogP contribution >= 0.6 is 34.9 Å². The minimum Gasteiger partial charge on any atom is -0.478 e. The van der Waals surface area contributed by atoms with Gasteiger partial charge in [0.2, 0.25) is 0 Å². The van der Waals surface area contributed by atoms with Crippen molar-refractivity contribution in [3.8, 4) is 0 Å². The molecule has 0 aliphatic heterocycles. The Balaban J connectivity index is 2.19. The molecular formula is C10H9N3O2S3. The SMILES string of the molecule is CSc1nnc(Sc2ccc(C(=O)O)c(C)n2)s1. The molecule has 0 aromatic carbocycles. The van der Waals surface area contributed by atoms with Crippen LogP contribution in [-0.2, 0) is 0 Å². The molecule has 2 aromatic heterocycles. The zero-order valence-corrected chi connectivity index (χ0v) is 12.0. The van der Waals surface area contributed by atoms with Gasteiger partial charge < -0.3 is 5.11 Å². The standard InChI is InChI=1S/C10H9N3O2S3/c1-5-6(8(14)15)3-4-7(11-5)17-10-13-12-9(16-2)18-10/h3-4H,1-2H3,(H,14,15). The summed E-state index contributed by atoms with van der Waals surface area (Å²) in [6, 6.07) is 3.24. The maximum Gasteiger partial charge on any atom is 0.337 e. The molecule has 0 spiro atoms. The van der Waals surface area contributed by atoms with Crippen molar-refractivity contribution < 1.29 is 9.90 Å². The predicted molar refractivity (Wildman–Crippen MR) is 71.7 cm³/mol. The summed E-state index contributed by atoms with van der Waals surface area (Å²) in [5.74, 6) is -0.961. The topological polar surface area (TPSA) is 76.0 Å². The number of hydrogen-bond donors (Lipinski definition) is 1. The Bertz CT molecular complexity index is 585. The lowest BCUT2D eigenvalue weighted by atomic mass is 10.2. The van der Waals surface area contributed by atoms with E-state index in [-0.39, 0.29) is 5.56 Å². The van der Waals surface area contributed by atoms with Gasteiger partial charge in [0, 0.05) is 0 Å². The molecule has 8 heteroatoms. The number of carboxylic acids is 1. The van der Waals surface area contributed by atoms with Gasteiger partial charge in [-0.05, 0) is 37.1 Å². The quantitative estimate of drug-likeness (QED) is 0.870. The molecule has 2 heterocycles. The molecule has 0 unspecified atom stereocenters. The lowest BCUT2D eigenvalue weighted by molar-refractivity contribution is 0.0695. The third-order valence-electron chi connectivity index (χ3n) is 2.05. The van der Waals surface area contributed by atoms with Crippen LogP contribution in [0.4, 0.5) is 0 Å². The van der Waals surface area contributed by atoms with Gasteiger partial charge in [0.1, 0.15) is 5.03 Å². The summed E-state index contributed by atoms with van der Waals surface area (Å²) in [4.78, 5) is 15.1. The second-order valence-electron chi connectivity index (χ2n) is 3.23. The highest BCUT2D eigenvalue weighted by atomic mass is 32.2. The van der Waals surface area contributed by atoms with Crippen LogP contribution in [0.3, 0.4) is 0 Å². The predicted octanol–water partition coefficient (Wildman–Crippen LogP) is 2.81. The van der Waals surface area contributed by atoms with Crippen molar-refractivity contribution in [3.05, 3.63) is 23.4 Å².